The van der Waals surface area contributed by atoms with Crippen LogP contribution < -0.4 is 0 Å². The Kier molecular flexibility index (Phi) is 3.53. The van der Waals surface area contributed by atoms with Gasteiger partial charge >= 0.3 is 0 Å². The first kappa shape index (κ1) is 10.3. The van der Waals surface area contributed by atoms with Crippen LogP contribution >= 0.6 is 11.3 Å². The minimum Gasteiger partial charge on any atom is -0.388 e. The van der Waals surface area contributed by atoms with Gasteiger partial charge in [-0.3, -0.25) is 0 Å². The van der Waals surface area contributed by atoms with Gasteiger partial charge in [0.15, 0.2) is 0 Å². The Morgan fingerprint density at radius 2 is 2.31 bits per heavy atom. The van der Waals surface area contributed by atoms with Crippen LogP contribution in [0, 0.1) is 26.2 Å². The Morgan fingerprint density at radius 1 is 1.62 bits per heavy atom. The minimum absolute atomic E-state index is 0.381. The second-order valence-corrected chi connectivity index (χ2v) is 4.43. The first-order valence-corrected chi connectivity index (χ1v) is 5.15. The van der Waals surface area contributed by atoms with E-state index in [2.05, 4.69) is 19.8 Å². The average molecular weight is 194 g/mol. The number of hydrogen-bond donors (Lipinski definition) is 1. The molecule has 1 aromatic rings. The van der Waals surface area contributed by atoms with Crippen LogP contribution in [-0.4, -0.2) is 5.11 Å². The molecule has 2 heteroatoms. The predicted molar refractivity (Wildman–Crippen MR) is 56.8 cm³/mol. The molecule has 0 amide bonds. The maximum Gasteiger partial charge on any atom is 0.0891 e. The first-order valence-electron chi connectivity index (χ1n) is 4.33. The van der Waals surface area contributed by atoms with Crippen LogP contribution in [0.3, 0.4) is 0 Å². The number of hydrogen-bond acceptors (Lipinski definition) is 2. The van der Waals surface area contributed by atoms with E-state index in [-0.39, 0.29) is 6.10 Å². The maximum atomic E-state index is 9.70. The van der Waals surface area contributed by atoms with Crippen molar-refractivity contribution in [3.8, 4) is 12.3 Å². The van der Waals surface area contributed by atoms with Crippen LogP contribution in [0.5, 0.6) is 0 Å². The molecule has 1 aromatic heterocycles. The van der Waals surface area contributed by atoms with Crippen LogP contribution in [0.2, 0.25) is 0 Å². The second-order valence-electron chi connectivity index (χ2n) is 3.15. The third kappa shape index (κ3) is 2.58. The zero-order chi connectivity index (χ0) is 9.84. The van der Waals surface area contributed by atoms with E-state index < -0.39 is 0 Å². The highest BCUT2D eigenvalue weighted by Crippen LogP contribution is 2.28. The molecule has 1 unspecified atom stereocenters. The number of rotatable bonds is 3. The molecular formula is C11H14OS. The zero-order valence-electron chi connectivity index (χ0n) is 8.00. The molecule has 0 aliphatic carbocycles. The van der Waals surface area contributed by atoms with Gasteiger partial charge in [0.05, 0.1) is 6.10 Å². The zero-order valence-corrected chi connectivity index (χ0v) is 8.82. The fourth-order valence-corrected chi connectivity index (χ4v) is 2.19. The number of aliphatic hydroxyl groups excluding tert-OH is 1. The molecule has 0 aliphatic heterocycles. The van der Waals surface area contributed by atoms with E-state index in [1.165, 1.54) is 10.4 Å². The van der Waals surface area contributed by atoms with Gasteiger partial charge in [0, 0.05) is 16.2 Å². The normalized spacial score (nSPS) is 12.5. The molecule has 70 valence electrons. The molecule has 0 radical (unpaired) electrons. The minimum atomic E-state index is -0.381. The molecule has 0 saturated carbocycles. The molecular weight excluding hydrogens is 180 g/mol. The lowest BCUT2D eigenvalue weighted by Gasteiger charge is -2.04. The van der Waals surface area contributed by atoms with Crippen molar-refractivity contribution < 1.29 is 5.11 Å². The van der Waals surface area contributed by atoms with Crippen molar-refractivity contribution in [1.82, 2.24) is 0 Å². The smallest absolute Gasteiger partial charge is 0.0891 e. The summed E-state index contributed by atoms with van der Waals surface area (Å²) < 4.78 is 0. The van der Waals surface area contributed by atoms with Gasteiger partial charge in [0.1, 0.15) is 0 Å². The van der Waals surface area contributed by atoms with Crippen LogP contribution in [0.1, 0.15) is 34.3 Å². The van der Waals surface area contributed by atoms with Gasteiger partial charge in [-0.25, -0.2) is 0 Å². The van der Waals surface area contributed by atoms with E-state index in [1.54, 1.807) is 11.3 Å². The van der Waals surface area contributed by atoms with Crippen molar-refractivity contribution in [1.29, 1.82) is 0 Å². The second kappa shape index (κ2) is 4.45. The van der Waals surface area contributed by atoms with Crippen molar-refractivity contribution in [3.05, 3.63) is 21.4 Å². The molecule has 13 heavy (non-hydrogen) atoms. The number of aryl methyl sites for hydroxylation is 2. The van der Waals surface area contributed by atoms with E-state index in [9.17, 15) is 5.11 Å². The summed E-state index contributed by atoms with van der Waals surface area (Å²) in [5.74, 6) is 2.53. The van der Waals surface area contributed by atoms with E-state index in [0.29, 0.717) is 12.8 Å². The van der Waals surface area contributed by atoms with Gasteiger partial charge < -0.3 is 5.11 Å². The third-order valence-corrected chi connectivity index (χ3v) is 3.33. The van der Waals surface area contributed by atoms with Gasteiger partial charge in [0.2, 0.25) is 0 Å². The molecule has 0 bridgehead atoms. The summed E-state index contributed by atoms with van der Waals surface area (Å²) in [5, 5.41) is 9.70. The summed E-state index contributed by atoms with van der Waals surface area (Å²) in [5.41, 5.74) is 1.25. The average Bonchev–Trinajstić information content (AvgIpc) is 2.43. The monoisotopic (exact) mass is 194 g/mol. The summed E-state index contributed by atoms with van der Waals surface area (Å²) in [6, 6.07) is 2.04. The van der Waals surface area contributed by atoms with Crippen LogP contribution in [0.25, 0.3) is 0 Å². The molecule has 1 nitrogen and oxygen atoms in total. The quantitative estimate of drug-likeness (QED) is 0.734. The van der Waals surface area contributed by atoms with Crippen molar-refractivity contribution in [2.75, 3.05) is 0 Å². The van der Waals surface area contributed by atoms with Crippen molar-refractivity contribution in [3.63, 3.8) is 0 Å². The van der Waals surface area contributed by atoms with Gasteiger partial charge in [-0.2, -0.15) is 0 Å². The summed E-state index contributed by atoms with van der Waals surface area (Å²) in [7, 11) is 0. The Morgan fingerprint density at radius 3 is 2.77 bits per heavy atom. The van der Waals surface area contributed by atoms with Gasteiger partial charge in [-0.05, 0) is 31.9 Å². The highest BCUT2D eigenvalue weighted by molar-refractivity contribution is 7.12. The Labute approximate surface area is 83.4 Å². The SMILES string of the molecule is C#CCCC(O)c1cc(C)c(C)s1. The summed E-state index contributed by atoms with van der Waals surface area (Å²) in [6.45, 7) is 4.13. The lowest BCUT2D eigenvalue weighted by molar-refractivity contribution is 0.173. The summed E-state index contributed by atoms with van der Waals surface area (Å²) in [6.07, 6.45) is 6.05. The van der Waals surface area contributed by atoms with Crippen molar-refractivity contribution >= 4 is 11.3 Å². The highest BCUT2D eigenvalue weighted by Gasteiger charge is 2.10. The Bertz CT molecular complexity index is 300. The topological polar surface area (TPSA) is 20.2 Å². The molecule has 0 aromatic carbocycles. The highest BCUT2D eigenvalue weighted by atomic mass is 32.1. The van der Waals surface area contributed by atoms with E-state index in [0.717, 1.165) is 4.88 Å². The predicted octanol–water partition coefficient (Wildman–Crippen LogP) is 2.81. The Hall–Kier alpha value is -0.780. The van der Waals surface area contributed by atoms with Crippen molar-refractivity contribution in [2.24, 2.45) is 0 Å². The van der Waals surface area contributed by atoms with Crippen molar-refractivity contribution in [2.45, 2.75) is 32.8 Å². The maximum absolute atomic E-state index is 9.70. The van der Waals surface area contributed by atoms with Crippen LogP contribution in [0.15, 0.2) is 6.07 Å². The fraction of sp³-hybridized carbons (Fsp3) is 0.455. The standard InChI is InChI=1S/C11H14OS/c1-4-5-6-10(12)11-7-8(2)9(3)13-11/h1,7,10,12H,5-6H2,2-3H3. The van der Waals surface area contributed by atoms with Gasteiger partial charge in [0.25, 0.3) is 0 Å². The molecule has 0 fully saturated rings. The number of terminal acetylenes is 1. The molecule has 1 heterocycles. The van der Waals surface area contributed by atoms with Crippen LogP contribution in [0.4, 0.5) is 0 Å². The molecule has 0 aliphatic rings. The molecule has 1 rings (SSSR count). The Balaban J connectivity index is 2.67. The third-order valence-electron chi connectivity index (χ3n) is 2.08. The first-order chi connectivity index (χ1) is 6.15. The van der Waals surface area contributed by atoms with Gasteiger partial charge in [-0.15, -0.1) is 23.7 Å². The molecule has 0 saturated heterocycles. The number of aliphatic hydroxyl groups is 1. The summed E-state index contributed by atoms with van der Waals surface area (Å²) >= 11 is 1.65. The molecule has 0 spiro atoms. The molecule has 1 N–H and O–H groups in total. The molecule has 1 atom stereocenters. The van der Waals surface area contributed by atoms with Gasteiger partial charge in [-0.1, -0.05) is 0 Å². The number of thiophene rings is 1. The van der Waals surface area contributed by atoms with E-state index in [1.807, 2.05) is 6.07 Å². The lowest BCUT2D eigenvalue weighted by atomic mass is 10.1. The fourth-order valence-electron chi connectivity index (χ4n) is 1.13. The van der Waals surface area contributed by atoms with E-state index in [4.69, 9.17) is 6.42 Å². The largest absolute Gasteiger partial charge is 0.388 e. The summed E-state index contributed by atoms with van der Waals surface area (Å²) in [4.78, 5) is 2.31. The van der Waals surface area contributed by atoms with Crippen LogP contribution in [-0.2, 0) is 0 Å². The lowest BCUT2D eigenvalue weighted by Crippen LogP contribution is -1.92. The van der Waals surface area contributed by atoms with E-state index >= 15 is 0 Å².